The van der Waals surface area contributed by atoms with Crippen molar-refractivity contribution in [3.05, 3.63) is 57.8 Å². The third-order valence-corrected chi connectivity index (χ3v) is 4.33. The molecule has 0 aliphatic rings. The van der Waals surface area contributed by atoms with Crippen LogP contribution in [0.5, 0.6) is 0 Å². The second-order valence-electron chi connectivity index (χ2n) is 5.30. The first-order valence-electron chi connectivity index (χ1n) is 7.51. The second kappa shape index (κ2) is 8.62. The van der Waals surface area contributed by atoms with E-state index in [1.54, 1.807) is 24.5 Å². The quantitative estimate of drug-likeness (QED) is 0.625. The third kappa shape index (κ3) is 5.03. The smallest absolute Gasteiger partial charge is 0.191 e. The van der Waals surface area contributed by atoms with Gasteiger partial charge >= 0.3 is 0 Å². The van der Waals surface area contributed by atoms with Crippen molar-refractivity contribution in [1.82, 2.24) is 10.6 Å². The molecule has 1 unspecified atom stereocenters. The van der Waals surface area contributed by atoms with Gasteiger partial charge in [-0.15, -0.1) is 0 Å². The number of hydrogen-bond donors (Lipinski definition) is 2. The van der Waals surface area contributed by atoms with Crippen molar-refractivity contribution >= 4 is 17.3 Å². The minimum absolute atomic E-state index is 0.361. The van der Waals surface area contributed by atoms with Crippen LogP contribution in [0.15, 0.2) is 40.0 Å². The molecule has 0 aliphatic carbocycles. The molecule has 0 bridgehead atoms. The van der Waals surface area contributed by atoms with Gasteiger partial charge in [-0.1, -0.05) is 19.1 Å². The largest absolute Gasteiger partial charge is 0.356 e. The summed E-state index contributed by atoms with van der Waals surface area (Å²) in [5.41, 5.74) is 1.65. The van der Waals surface area contributed by atoms with Gasteiger partial charge in [-0.2, -0.15) is 11.3 Å². The topological polar surface area (TPSA) is 36.4 Å². The maximum atomic E-state index is 13.6. The summed E-state index contributed by atoms with van der Waals surface area (Å²) in [6, 6.07) is 6.34. The van der Waals surface area contributed by atoms with Crippen LogP contribution in [0.25, 0.3) is 0 Å². The lowest BCUT2D eigenvalue weighted by Crippen LogP contribution is -2.39. The van der Waals surface area contributed by atoms with Crippen LogP contribution < -0.4 is 10.6 Å². The molecule has 1 aromatic carbocycles. The number of thiophene rings is 1. The highest BCUT2D eigenvalue weighted by Gasteiger charge is 2.09. The molecule has 124 valence electrons. The van der Waals surface area contributed by atoms with Crippen molar-refractivity contribution in [2.75, 3.05) is 20.1 Å². The minimum atomic E-state index is -0.811. The molecule has 2 rings (SSSR count). The number of nitrogens with zero attached hydrogens (tertiary/aromatic N) is 1. The molecule has 1 heterocycles. The summed E-state index contributed by atoms with van der Waals surface area (Å²) in [6.07, 6.45) is 0.393. The fourth-order valence-electron chi connectivity index (χ4n) is 2.20. The number of aliphatic imine (C=N–C) groups is 1. The normalized spacial score (nSPS) is 13.0. The summed E-state index contributed by atoms with van der Waals surface area (Å²) in [4.78, 5) is 4.14. The number of halogens is 2. The molecule has 1 atom stereocenters. The van der Waals surface area contributed by atoms with E-state index >= 15 is 0 Å². The summed E-state index contributed by atoms with van der Waals surface area (Å²) < 4.78 is 26.7. The molecule has 0 aliphatic heterocycles. The van der Waals surface area contributed by atoms with Crippen LogP contribution in [0.2, 0.25) is 0 Å². The van der Waals surface area contributed by atoms with E-state index in [1.165, 1.54) is 11.6 Å². The van der Waals surface area contributed by atoms with Gasteiger partial charge in [0.2, 0.25) is 0 Å². The number of rotatable bonds is 6. The van der Waals surface area contributed by atoms with Gasteiger partial charge in [0.25, 0.3) is 0 Å². The van der Waals surface area contributed by atoms with Gasteiger partial charge in [0.15, 0.2) is 17.6 Å². The Morgan fingerprint density at radius 1 is 1.26 bits per heavy atom. The Bertz CT molecular complexity index is 641. The van der Waals surface area contributed by atoms with E-state index in [0.29, 0.717) is 30.4 Å². The monoisotopic (exact) mass is 337 g/mol. The highest BCUT2D eigenvalue weighted by atomic mass is 32.1. The molecule has 0 amide bonds. The predicted molar refractivity (Wildman–Crippen MR) is 92.2 cm³/mol. The van der Waals surface area contributed by atoms with Crippen LogP contribution in [0.1, 0.15) is 24.0 Å². The minimum Gasteiger partial charge on any atom is -0.356 e. The fraction of sp³-hybridized carbons (Fsp3) is 0.353. The molecule has 0 spiro atoms. The highest BCUT2D eigenvalue weighted by Crippen LogP contribution is 2.17. The van der Waals surface area contributed by atoms with Gasteiger partial charge in [-0.05, 0) is 46.4 Å². The first-order valence-corrected chi connectivity index (χ1v) is 8.45. The standard InChI is InChI=1S/C17H21F2N3S/c1-12(14-7-9-23-11-14)10-22-17(20-2)21-8-6-13-4-3-5-15(18)16(13)19/h3-5,7,9,11-12H,6,8,10H2,1-2H3,(H2,20,21,22). The predicted octanol–water partition coefficient (Wildman–Crippen LogP) is 3.54. The van der Waals surface area contributed by atoms with E-state index < -0.39 is 11.6 Å². The van der Waals surface area contributed by atoms with Crippen molar-refractivity contribution in [2.24, 2.45) is 4.99 Å². The van der Waals surface area contributed by atoms with Gasteiger partial charge in [0.1, 0.15) is 0 Å². The van der Waals surface area contributed by atoms with Gasteiger partial charge in [-0.25, -0.2) is 8.78 Å². The summed E-state index contributed by atoms with van der Waals surface area (Å²) in [5.74, 6) is -0.553. The van der Waals surface area contributed by atoms with Crippen LogP contribution in [-0.4, -0.2) is 26.1 Å². The van der Waals surface area contributed by atoms with Crippen LogP contribution in [0.4, 0.5) is 8.78 Å². The summed E-state index contributed by atoms with van der Waals surface area (Å²) in [6.45, 7) is 3.38. The van der Waals surface area contributed by atoms with E-state index in [2.05, 4.69) is 39.4 Å². The Morgan fingerprint density at radius 3 is 2.78 bits per heavy atom. The maximum absolute atomic E-state index is 13.6. The lowest BCUT2D eigenvalue weighted by molar-refractivity contribution is 0.498. The van der Waals surface area contributed by atoms with Crippen molar-refractivity contribution in [2.45, 2.75) is 19.3 Å². The van der Waals surface area contributed by atoms with E-state index in [1.807, 2.05) is 0 Å². The molecular weight excluding hydrogens is 316 g/mol. The molecule has 0 saturated heterocycles. The van der Waals surface area contributed by atoms with E-state index in [9.17, 15) is 8.78 Å². The van der Waals surface area contributed by atoms with Crippen LogP contribution in [-0.2, 0) is 6.42 Å². The zero-order chi connectivity index (χ0) is 16.7. The van der Waals surface area contributed by atoms with Crippen molar-refractivity contribution in [3.63, 3.8) is 0 Å². The molecule has 0 saturated carbocycles. The molecule has 0 fully saturated rings. The van der Waals surface area contributed by atoms with Gasteiger partial charge < -0.3 is 10.6 Å². The third-order valence-electron chi connectivity index (χ3n) is 3.63. The van der Waals surface area contributed by atoms with Gasteiger partial charge in [-0.3, -0.25) is 4.99 Å². The summed E-state index contributed by atoms with van der Waals surface area (Å²) in [5, 5.41) is 10.6. The number of hydrogen-bond acceptors (Lipinski definition) is 2. The maximum Gasteiger partial charge on any atom is 0.191 e. The van der Waals surface area contributed by atoms with Crippen LogP contribution in [0.3, 0.4) is 0 Å². The number of nitrogens with one attached hydrogen (secondary N) is 2. The van der Waals surface area contributed by atoms with E-state index in [4.69, 9.17) is 0 Å². The molecule has 23 heavy (non-hydrogen) atoms. The number of guanidine groups is 1. The lowest BCUT2D eigenvalue weighted by atomic mass is 10.1. The first-order chi connectivity index (χ1) is 11.1. The van der Waals surface area contributed by atoms with Crippen molar-refractivity contribution < 1.29 is 8.78 Å². The Labute approximate surface area is 139 Å². The Morgan fingerprint density at radius 2 is 2.09 bits per heavy atom. The van der Waals surface area contributed by atoms with Crippen molar-refractivity contribution in [3.8, 4) is 0 Å². The van der Waals surface area contributed by atoms with Crippen molar-refractivity contribution in [1.29, 1.82) is 0 Å². The average molecular weight is 337 g/mol. The number of benzene rings is 1. The van der Waals surface area contributed by atoms with Gasteiger partial charge in [0.05, 0.1) is 0 Å². The SMILES string of the molecule is CN=C(NCCc1cccc(F)c1F)NCC(C)c1ccsc1. The summed E-state index contributed by atoms with van der Waals surface area (Å²) >= 11 is 1.68. The second-order valence-corrected chi connectivity index (χ2v) is 6.08. The lowest BCUT2D eigenvalue weighted by Gasteiger charge is -2.15. The van der Waals surface area contributed by atoms with Gasteiger partial charge in [0, 0.05) is 20.1 Å². The van der Waals surface area contributed by atoms with E-state index in [-0.39, 0.29) is 0 Å². The Hall–Kier alpha value is -1.95. The Kier molecular flexibility index (Phi) is 6.52. The molecule has 1 aromatic heterocycles. The first kappa shape index (κ1) is 17.4. The van der Waals surface area contributed by atoms with Crippen LogP contribution in [0, 0.1) is 11.6 Å². The summed E-state index contributed by atoms with van der Waals surface area (Å²) in [7, 11) is 1.69. The fourth-order valence-corrected chi connectivity index (χ4v) is 2.98. The highest BCUT2D eigenvalue weighted by molar-refractivity contribution is 7.07. The molecule has 2 aromatic rings. The molecule has 0 radical (unpaired) electrons. The average Bonchev–Trinajstić information content (AvgIpc) is 3.08. The molecule has 3 nitrogen and oxygen atoms in total. The molecular formula is C17H21F2N3S. The zero-order valence-electron chi connectivity index (χ0n) is 13.3. The zero-order valence-corrected chi connectivity index (χ0v) is 14.1. The van der Waals surface area contributed by atoms with Crippen LogP contribution >= 0.6 is 11.3 Å². The van der Waals surface area contributed by atoms with E-state index in [0.717, 1.165) is 12.6 Å². The molecule has 2 N–H and O–H groups in total. The Balaban J connectivity index is 1.78. The molecule has 6 heteroatoms.